The number of nitrogens with one attached hydrogen (secondary N) is 2. The Bertz CT molecular complexity index is 812. The molecule has 2 fully saturated rings. The Balaban J connectivity index is 1.46. The smallest absolute Gasteiger partial charge is 0.127 e. The van der Waals surface area contributed by atoms with Gasteiger partial charge in [0.25, 0.3) is 0 Å². The van der Waals surface area contributed by atoms with Gasteiger partial charge in [0.15, 0.2) is 0 Å². The first kappa shape index (κ1) is 19.4. The molecule has 2 N–H and O–H groups in total. The Morgan fingerprint density at radius 1 is 1.21 bits per heavy atom. The first-order chi connectivity index (χ1) is 13.6. The zero-order valence-electron chi connectivity index (χ0n) is 16.7. The maximum atomic E-state index is 14.3. The normalized spacial score (nSPS) is 25.8. The lowest BCUT2D eigenvalue weighted by Crippen LogP contribution is -2.46. The SMILES string of the molecule is COc1ccc(F)c(CN2CCCC(C3NNCC3c3cccc(C)c3)C2)c1. The summed E-state index contributed by atoms with van der Waals surface area (Å²) in [5, 5.41) is 0. The largest absolute Gasteiger partial charge is 0.497 e. The maximum absolute atomic E-state index is 14.3. The second-order valence-corrected chi connectivity index (χ2v) is 8.17. The van der Waals surface area contributed by atoms with Gasteiger partial charge in [0.05, 0.1) is 7.11 Å². The van der Waals surface area contributed by atoms with Crippen molar-refractivity contribution < 1.29 is 9.13 Å². The molecule has 0 saturated carbocycles. The average Bonchev–Trinajstić information content (AvgIpc) is 3.20. The number of piperidine rings is 1. The monoisotopic (exact) mass is 383 g/mol. The molecule has 3 atom stereocenters. The van der Waals surface area contributed by atoms with Crippen LogP contribution in [0.15, 0.2) is 42.5 Å². The van der Waals surface area contributed by atoms with Crippen molar-refractivity contribution in [1.29, 1.82) is 0 Å². The summed E-state index contributed by atoms with van der Waals surface area (Å²) in [4.78, 5) is 2.39. The van der Waals surface area contributed by atoms with Crippen molar-refractivity contribution in [3.8, 4) is 5.75 Å². The number of methoxy groups -OCH3 is 1. The lowest BCUT2D eigenvalue weighted by Gasteiger charge is -2.37. The van der Waals surface area contributed by atoms with Gasteiger partial charge in [-0.2, -0.15) is 0 Å². The number of ether oxygens (including phenoxy) is 1. The summed E-state index contributed by atoms with van der Waals surface area (Å²) < 4.78 is 19.5. The molecule has 150 valence electrons. The Kier molecular flexibility index (Phi) is 5.95. The zero-order chi connectivity index (χ0) is 19.5. The molecule has 2 aromatic rings. The van der Waals surface area contributed by atoms with Crippen LogP contribution in [0.5, 0.6) is 5.75 Å². The topological polar surface area (TPSA) is 36.5 Å². The van der Waals surface area contributed by atoms with E-state index in [1.165, 1.54) is 23.6 Å². The second-order valence-electron chi connectivity index (χ2n) is 8.17. The van der Waals surface area contributed by atoms with Crippen molar-refractivity contribution in [2.24, 2.45) is 5.92 Å². The predicted molar refractivity (Wildman–Crippen MR) is 110 cm³/mol. The minimum absolute atomic E-state index is 0.152. The van der Waals surface area contributed by atoms with E-state index in [2.05, 4.69) is 46.9 Å². The number of hydrazine groups is 1. The third kappa shape index (κ3) is 4.22. The minimum atomic E-state index is -0.152. The number of likely N-dealkylation sites (tertiary alicyclic amines) is 1. The Labute approximate surface area is 167 Å². The Morgan fingerprint density at radius 2 is 2.11 bits per heavy atom. The summed E-state index contributed by atoms with van der Waals surface area (Å²) in [6.07, 6.45) is 2.35. The molecule has 0 bridgehead atoms. The van der Waals surface area contributed by atoms with E-state index < -0.39 is 0 Å². The third-order valence-electron chi connectivity index (χ3n) is 6.19. The fourth-order valence-electron chi connectivity index (χ4n) is 4.75. The predicted octanol–water partition coefficient (Wildman–Crippen LogP) is 3.61. The molecule has 2 heterocycles. The van der Waals surface area contributed by atoms with Crippen LogP contribution in [0, 0.1) is 18.7 Å². The molecule has 0 spiro atoms. The van der Waals surface area contributed by atoms with E-state index in [0.717, 1.165) is 26.1 Å². The van der Waals surface area contributed by atoms with Gasteiger partial charge in [-0.3, -0.25) is 15.8 Å². The highest BCUT2D eigenvalue weighted by atomic mass is 19.1. The van der Waals surface area contributed by atoms with Gasteiger partial charge < -0.3 is 4.74 Å². The molecule has 0 aromatic heterocycles. The summed E-state index contributed by atoms with van der Waals surface area (Å²) in [6.45, 7) is 5.74. The minimum Gasteiger partial charge on any atom is -0.497 e. The highest BCUT2D eigenvalue weighted by Crippen LogP contribution is 2.32. The lowest BCUT2D eigenvalue weighted by molar-refractivity contribution is 0.138. The summed E-state index contributed by atoms with van der Waals surface area (Å²) in [7, 11) is 1.62. The quantitative estimate of drug-likeness (QED) is 0.827. The van der Waals surface area contributed by atoms with Gasteiger partial charge in [0, 0.05) is 37.2 Å². The molecule has 2 aromatic carbocycles. The van der Waals surface area contributed by atoms with E-state index in [-0.39, 0.29) is 5.82 Å². The highest BCUT2D eigenvalue weighted by molar-refractivity contribution is 5.30. The lowest BCUT2D eigenvalue weighted by atomic mass is 9.81. The summed E-state index contributed by atoms with van der Waals surface area (Å²) >= 11 is 0. The Hall–Kier alpha value is -1.95. The molecular formula is C23H30FN3O. The van der Waals surface area contributed by atoms with Crippen LogP contribution < -0.4 is 15.6 Å². The van der Waals surface area contributed by atoms with Crippen molar-refractivity contribution in [2.45, 2.75) is 38.3 Å². The van der Waals surface area contributed by atoms with Crippen molar-refractivity contribution in [2.75, 3.05) is 26.7 Å². The number of rotatable bonds is 5. The molecule has 2 aliphatic rings. The number of benzene rings is 2. The van der Waals surface area contributed by atoms with Gasteiger partial charge in [-0.15, -0.1) is 0 Å². The van der Waals surface area contributed by atoms with Gasteiger partial charge in [-0.1, -0.05) is 29.8 Å². The average molecular weight is 384 g/mol. The van der Waals surface area contributed by atoms with Crippen molar-refractivity contribution in [3.63, 3.8) is 0 Å². The summed E-state index contributed by atoms with van der Waals surface area (Å²) in [6, 6.07) is 14.3. The molecule has 3 unspecified atom stereocenters. The van der Waals surface area contributed by atoms with Crippen LogP contribution in [-0.4, -0.2) is 37.7 Å². The fourth-order valence-corrected chi connectivity index (χ4v) is 4.75. The van der Waals surface area contributed by atoms with Gasteiger partial charge in [0.1, 0.15) is 11.6 Å². The van der Waals surface area contributed by atoms with E-state index in [1.807, 2.05) is 6.07 Å². The zero-order valence-corrected chi connectivity index (χ0v) is 16.7. The third-order valence-corrected chi connectivity index (χ3v) is 6.19. The van der Waals surface area contributed by atoms with Gasteiger partial charge >= 0.3 is 0 Å². The van der Waals surface area contributed by atoms with Crippen LogP contribution in [0.3, 0.4) is 0 Å². The van der Waals surface area contributed by atoms with Crippen LogP contribution in [-0.2, 0) is 6.54 Å². The number of halogens is 1. The molecule has 2 aliphatic heterocycles. The van der Waals surface area contributed by atoms with Crippen molar-refractivity contribution in [3.05, 3.63) is 65.0 Å². The number of nitrogens with zero attached hydrogens (tertiary/aromatic N) is 1. The molecule has 4 nitrogen and oxygen atoms in total. The van der Waals surface area contributed by atoms with E-state index in [0.29, 0.717) is 35.7 Å². The van der Waals surface area contributed by atoms with E-state index in [9.17, 15) is 4.39 Å². The second kappa shape index (κ2) is 8.60. The summed E-state index contributed by atoms with van der Waals surface area (Å²) in [5.74, 6) is 1.58. The standard InChI is InChI=1S/C23H30FN3O/c1-16-5-3-6-17(11-16)21-13-25-26-23(21)18-7-4-10-27(14-18)15-19-12-20(28-2)8-9-22(19)24/h3,5-6,8-9,11-12,18,21,23,25-26H,4,7,10,13-15H2,1-2H3. The molecule has 0 amide bonds. The van der Waals surface area contributed by atoms with Crippen molar-refractivity contribution in [1.82, 2.24) is 15.8 Å². The maximum Gasteiger partial charge on any atom is 0.127 e. The van der Waals surface area contributed by atoms with E-state index in [1.54, 1.807) is 13.2 Å². The van der Waals surface area contributed by atoms with Crippen LogP contribution in [0.2, 0.25) is 0 Å². The molecule has 28 heavy (non-hydrogen) atoms. The van der Waals surface area contributed by atoms with Gasteiger partial charge in [0.2, 0.25) is 0 Å². The van der Waals surface area contributed by atoms with E-state index >= 15 is 0 Å². The first-order valence-corrected chi connectivity index (χ1v) is 10.2. The summed E-state index contributed by atoms with van der Waals surface area (Å²) in [5.41, 5.74) is 10.3. The van der Waals surface area contributed by atoms with Crippen LogP contribution in [0.4, 0.5) is 4.39 Å². The van der Waals surface area contributed by atoms with Crippen molar-refractivity contribution >= 4 is 0 Å². The van der Waals surface area contributed by atoms with Crippen LogP contribution >= 0.6 is 0 Å². The van der Waals surface area contributed by atoms with Gasteiger partial charge in [-0.05, 0) is 56.0 Å². The van der Waals surface area contributed by atoms with Crippen LogP contribution in [0.25, 0.3) is 0 Å². The van der Waals surface area contributed by atoms with Crippen LogP contribution in [0.1, 0.15) is 35.4 Å². The van der Waals surface area contributed by atoms with Gasteiger partial charge in [-0.25, -0.2) is 4.39 Å². The molecule has 0 aliphatic carbocycles. The number of aryl methyl sites for hydroxylation is 1. The Morgan fingerprint density at radius 3 is 2.93 bits per heavy atom. The molecule has 2 saturated heterocycles. The fraction of sp³-hybridized carbons (Fsp3) is 0.478. The first-order valence-electron chi connectivity index (χ1n) is 10.2. The highest BCUT2D eigenvalue weighted by Gasteiger charge is 2.36. The van der Waals surface area contributed by atoms with E-state index in [4.69, 9.17) is 4.74 Å². The number of hydrogen-bond acceptors (Lipinski definition) is 4. The molecule has 4 rings (SSSR count). The molecule has 0 radical (unpaired) electrons. The molecule has 5 heteroatoms. The molecular weight excluding hydrogens is 353 g/mol. The number of hydrogen-bond donors (Lipinski definition) is 2.